The molecule has 3 aromatic rings. The summed E-state index contributed by atoms with van der Waals surface area (Å²) in [6, 6.07) is 12.6. The van der Waals surface area contributed by atoms with Crippen LogP contribution in [0.15, 0.2) is 30.3 Å². The van der Waals surface area contributed by atoms with E-state index >= 15 is 0 Å². The number of nitrogens with zero attached hydrogens (tertiary/aromatic N) is 3. The van der Waals surface area contributed by atoms with Gasteiger partial charge in [0.1, 0.15) is 11.9 Å². The SMILES string of the molecule is CCCCCCNc1cc(CCC)c(C#N)c2nc3ccccc3n12. The van der Waals surface area contributed by atoms with Gasteiger partial charge in [-0.2, -0.15) is 5.26 Å². The molecular weight excluding hydrogens is 308 g/mol. The molecule has 0 unspecified atom stereocenters. The zero-order chi connectivity index (χ0) is 17.6. The summed E-state index contributed by atoms with van der Waals surface area (Å²) in [6.45, 7) is 5.32. The smallest absolute Gasteiger partial charge is 0.157 e. The van der Waals surface area contributed by atoms with Gasteiger partial charge in [0.2, 0.25) is 0 Å². The average Bonchev–Trinajstić information content (AvgIpc) is 3.01. The van der Waals surface area contributed by atoms with Crippen molar-refractivity contribution in [3.8, 4) is 6.07 Å². The van der Waals surface area contributed by atoms with Crippen molar-refractivity contribution in [2.75, 3.05) is 11.9 Å². The number of para-hydroxylation sites is 2. The first-order chi connectivity index (χ1) is 12.3. The van der Waals surface area contributed by atoms with Gasteiger partial charge in [0, 0.05) is 6.54 Å². The Kier molecular flexibility index (Phi) is 5.55. The van der Waals surface area contributed by atoms with E-state index in [1.54, 1.807) is 0 Å². The lowest BCUT2D eigenvalue weighted by Gasteiger charge is -2.13. The molecule has 3 rings (SSSR count). The minimum absolute atomic E-state index is 0.703. The van der Waals surface area contributed by atoms with Crippen molar-refractivity contribution in [2.24, 2.45) is 0 Å². The summed E-state index contributed by atoms with van der Waals surface area (Å²) in [5.74, 6) is 1.04. The van der Waals surface area contributed by atoms with E-state index in [4.69, 9.17) is 4.98 Å². The topological polar surface area (TPSA) is 53.1 Å². The highest BCUT2D eigenvalue weighted by Gasteiger charge is 2.16. The third-order valence-electron chi connectivity index (χ3n) is 4.62. The number of anilines is 1. The number of hydrogen-bond acceptors (Lipinski definition) is 3. The molecule has 1 N–H and O–H groups in total. The van der Waals surface area contributed by atoms with Gasteiger partial charge in [0.05, 0.1) is 16.6 Å². The van der Waals surface area contributed by atoms with Crippen LogP contribution < -0.4 is 5.32 Å². The van der Waals surface area contributed by atoms with Crippen molar-refractivity contribution in [3.05, 3.63) is 41.5 Å². The quantitative estimate of drug-likeness (QED) is 0.568. The van der Waals surface area contributed by atoms with Crippen molar-refractivity contribution in [2.45, 2.75) is 52.4 Å². The van der Waals surface area contributed by atoms with Crippen molar-refractivity contribution in [3.63, 3.8) is 0 Å². The van der Waals surface area contributed by atoms with Crippen LogP contribution >= 0.6 is 0 Å². The largest absolute Gasteiger partial charge is 0.371 e. The van der Waals surface area contributed by atoms with Crippen LogP contribution in [0, 0.1) is 11.3 Å². The zero-order valence-corrected chi connectivity index (χ0v) is 15.2. The van der Waals surface area contributed by atoms with E-state index in [2.05, 4.69) is 41.8 Å². The molecule has 0 radical (unpaired) electrons. The Morgan fingerprint density at radius 3 is 2.72 bits per heavy atom. The summed E-state index contributed by atoms with van der Waals surface area (Å²) in [4.78, 5) is 4.75. The lowest BCUT2D eigenvalue weighted by Crippen LogP contribution is -2.08. The van der Waals surface area contributed by atoms with Crippen LogP contribution in [0.5, 0.6) is 0 Å². The van der Waals surface area contributed by atoms with E-state index in [1.165, 1.54) is 19.3 Å². The van der Waals surface area contributed by atoms with Crippen LogP contribution in [-0.2, 0) is 6.42 Å². The Balaban J connectivity index is 2.08. The normalized spacial score (nSPS) is 11.1. The molecule has 25 heavy (non-hydrogen) atoms. The van der Waals surface area contributed by atoms with Gasteiger partial charge in [0.25, 0.3) is 0 Å². The molecule has 0 spiro atoms. The number of pyridine rings is 1. The Hall–Kier alpha value is -2.54. The Morgan fingerprint density at radius 2 is 1.96 bits per heavy atom. The molecule has 2 heterocycles. The zero-order valence-electron chi connectivity index (χ0n) is 15.2. The highest BCUT2D eigenvalue weighted by atomic mass is 15.1. The maximum Gasteiger partial charge on any atom is 0.157 e. The fourth-order valence-electron chi connectivity index (χ4n) is 3.37. The number of nitriles is 1. The minimum Gasteiger partial charge on any atom is -0.371 e. The Morgan fingerprint density at radius 1 is 1.12 bits per heavy atom. The molecule has 0 saturated heterocycles. The summed E-state index contributed by atoms with van der Waals surface area (Å²) in [5.41, 5.74) is 4.54. The van der Waals surface area contributed by atoms with Gasteiger partial charge >= 0.3 is 0 Å². The number of rotatable bonds is 8. The van der Waals surface area contributed by atoms with Crippen LogP contribution in [0.3, 0.4) is 0 Å². The predicted molar refractivity (Wildman–Crippen MR) is 104 cm³/mol. The number of unbranched alkanes of at least 4 members (excludes halogenated alkanes) is 3. The molecule has 0 atom stereocenters. The third-order valence-corrected chi connectivity index (χ3v) is 4.62. The summed E-state index contributed by atoms with van der Waals surface area (Å²) < 4.78 is 2.10. The molecule has 0 saturated carbocycles. The number of imidazole rings is 1. The predicted octanol–water partition coefficient (Wildman–Crippen LogP) is 5.30. The monoisotopic (exact) mass is 334 g/mol. The highest BCUT2D eigenvalue weighted by molar-refractivity contribution is 5.85. The van der Waals surface area contributed by atoms with E-state index in [0.29, 0.717) is 5.56 Å². The maximum absolute atomic E-state index is 9.71. The number of aromatic nitrogens is 2. The van der Waals surface area contributed by atoms with Crippen LogP contribution in [0.1, 0.15) is 57.1 Å². The number of benzene rings is 1. The summed E-state index contributed by atoms with van der Waals surface area (Å²) in [5, 5.41) is 13.3. The van der Waals surface area contributed by atoms with E-state index in [1.807, 2.05) is 18.2 Å². The van der Waals surface area contributed by atoms with Crippen LogP contribution in [0.4, 0.5) is 5.82 Å². The minimum atomic E-state index is 0.703. The average molecular weight is 334 g/mol. The van der Waals surface area contributed by atoms with Crippen molar-refractivity contribution in [1.29, 1.82) is 5.26 Å². The second-order valence-electron chi connectivity index (χ2n) is 6.54. The molecule has 4 nitrogen and oxygen atoms in total. The van der Waals surface area contributed by atoms with Gasteiger partial charge in [-0.05, 0) is 36.6 Å². The number of aryl methyl sites for hydroxylation is 1. The molecule has 4 heteroatoms. The first kappa shape index (κ1) is 17.3. The second kappa shape index (κ2) is 8.02. The molecule has 0 aliphatic heterocycles. The number of fused-ring (bicyclic) bond motifs is 3. The van der Waals surface area contributed by atoms with Crippen molar-refractivity contribution < 1.29 is 0 Å². The van der Waals surface area contributed by atoms with Crippen LogP contribution in [-0.4, -0.2) is 15.9 Å². The van der Waals surface area contributed by atoms with E-state index in [0.717, 1.165) is 53.9 Å². The van der Waals surface area contributed by atoms with Gasteiger partial charge < -0.3 is 5.32 Å². The van der Waals surface area contributed by atoms with Crippen molar-refractivity contribution >= 4 is 22.5 Å². The fourth-order valence-corrected chi connectivity index (χ4v) is 3.37. The standard InChI is InChI=1S/C21H26N4/c1-3-5-6-9-13-23-20-14-16(10-4-2)17(15-22)21-24-18-11-7-8-12-19(18)25(20)21/h7-8,11-12,14,23H,3-6,9-10,13H2,1-2H3. The van der Waals surface area contributed by atoms with Gasteiger partial charge in [-0.1, -0.05) is 51.7 Å². The first-order valence-corrected chi connectivity index (χ1v) is 9.37. The number of hydrogen-bond donors (Lipinski definition) is 1. The van der Waals surface area contributed by atoms with Gasteiger partial charge in [0.15, 0.2) is 5.65 Å². The van der Waals surface area contributed by atoms with E-state index in [9.17, 15) is 5.26 Å². The van der Waals surface area contributed by atoms with Crippen LogP contribution in [0.2, 0.25) is 0 Å². The van der Waals surface area contributed by atoms with Gasteiger partial charge in [-0.3, -0.25) is 4.40 Å². The summed E-state index contributed by atoms with van der Waals surface area (Å²) in [7, 11) is 0. The Labute approximate surface area is 149 Å². The molecule has 0 aliphatic rings. The molecular formula is C21H26N4. The molecule has 0 bridgehead atoms. The Bertz CT molecular complexity index is 902. The fraction of sp³-hybridized carbons (Fsp3) is 0.429. The van der Waals surface area contributed by atoms with Gasteiger partial charge in [-0.25, -0.2) is 4.98 Å². The third kappa shape index (κ3) is 3.46. The number of nitrogens with one attached hydrogen (secondary N) is 1. The van der Waals surface area contributed by atoms with E-state index in [-0.39, 0.29) is 0 Å². The molecule has 0 fully saturated rings. The van der Waals surface area contributed by atoms with Crippen molar-refractivity contribution in [1.82, 2.24) is 9.38 Å². The molecule has 0 aliphatic carbocycles. The summed E-state index contributed by atoms with van der Waals surface area (Å²) in [6.07, 6.45) is 6.84. The van der Waals surface area contributed by atoms with Gasteiger partial charge in [-0.15, -0.1) is 0 Å². The first-order valence-electron chi connectivity index (χ1n) is 9.37. The maximum atomic E-state index is 9.71. The summed E-state index contributed by atoms with van der Waals surface area (Å²) >= 11 is 0. The molecule has 2 aromatic heterocycles. The van der Waals surface area contributed by atoms with Crippen LogP contribution in [0.25, 0.3) is 16.7 Å². The van der Waals surface area contributed by atoms with E-state index < -0.39 is 0 Å². The molecule has 0 amide bonds. The lowest BCUT2D eigenvalue weighted by molar-refractivity contribution is 0.684. The molecule has 1 aromatic carbocycles. The lowest BCUT2D eigenvalue weighted by atomic mass is 10.1. The highest BCUT2D eigenvalue weighted by Crippen LogP contribution is 2.27. The molecule has 130 valence electrons. The second-order valence-corrected chi connectivity index (χ2v) is 6.54.